The third kappa shape index (κ3) is 5.73. The lowest BCUT2D eigenvalue weighted by molar-refractivity contribution is 0.102. The largest absolute Gasteiger partial charge is 0.497 e. The molecule has 174 valence electrons. The molecule has 3 aromatic rings. The molecule has 2 aromatic carbocycles. The molecule has 1 aliphatic heterocycles. The molecule has 7 heteroatoms. The second-order valence-electron chi connectivity index (χ2n) is 8.91. The predicted molar refractivity (Wildman–Crippen MR) is 132 cm³/mol. The van der Waals surface area contributed by atoms with Crippen molar-refractivity contribution in [3.05, 3.63) is 70.9 Å². The van der Waals surface area contributed by atoms with E-state index < -0.39 is 0 Å². The number of nitrogens with one attached hydrogen (secondary N) is 2. The number of carbonyl (C=O) groups is 1. The molecule has 1 fully saturated rings. The van der Waals surface area contributed by atoms with Crippen LogP contribution in [0.4, 0.5) is 11.5 Å². The van der Waals surface area contributed by atoms with Crippen molar-refractivity contribution in [3.8, 4) is 5.75 Å². The van der Waals surface area contributed by atoms with Crippen LogP contribution in [0.5, 0.6) is 5.75 Å². The van der Waals surface area contributed by atoms with Crippen molar-refractivity contribution in [2.45, 2.75) is 32.7 Å². The minimum Gasteiger partial charge on any atom is -0.497 e. The average Bonchev–Trinajstić information content (AvgIpc) is 3.26. The number of likely N-dealkylation sites (N-methyl/N-ethyl adjacent to an activating group) is 1. The first-order chi connectivity index (χ1) is 15.9. The van der Waals surface area contributed by atoms with Gasteiger partial charge in [0.25, 0.3) is 5.91 Å². The van der Waals surface area contributed by atoms with Gasteiger partial charge in [0.1, 0.15) is 5.75 Å². The van der Waals surface area contributed by atoms with Gasteiger partial charge in [-0.1, -0.05) is 6.07 Å². The van der Waals surface area contributed by atoms with Crippen LogP contribution in [-0.2, 0) is 12.8 Å². The second kappa shape index (κ2) is 10.1. The van der Waals surface area contributed by atoms with Crippen LogP contribution in [0.1, 0.15) is 34.1 Å². The summed E-state index contributed by atoms with van der Waals surface area (Å²) in [5.74, 6) is 1.25. The summed E-state index contributed by atoms with van der Waals surface area (Å²) in [6.07, 6.45) is 1.66. The number of ether oxygens (including phenoxy) is 1. The fourth-order valence-corrected chi connectivity index (χ4v) is 4.21. The molecule has 1 atom stereocenters. The quantitative estimate of drug-likeness (QED) is 0.575. The minimum absolute atomic E-state index is 0.158. The summed E-state index contributed by atoms with van der Waals surface area (Å²) >= 11 is 0. The van der Waals surface area contributed by atoms with Crippen LogP contribution in [0.2, 0.25) is 0 Å². The maximum absolute atomic E-state index is 12.7. The Balaban J connectivity index is 1.32. The summed E-state index contributed by atoms with van der Waals surface area (Å²) in [7, 11) is 3.85. The van der Waals surface area contributed by atoms with Crippen molar-refractivity contribution < 1.29 is 9.53 Å². The van der Waals surface area contributed by atoms with Gasteiger partial charge in [0, 0.05) is 48.7 Å². The van der Waals surface area contributed by atoms with Gasteiger partial charge in [-0.15, -0.1) is 0 Å². The highest BCUT2D eigenvalue weighted by molar-refractivity contribution is 6.03. The van der Waals surface area contributed by atoms with Crippen LogP contribution in [0.15, 0.2) is 48.5 Å². The Kier molecular flexibility index (Phi) is 6.99. The van der Waals surface area contributed by atoms with Gasteiger partial charge in [-0.05, 0) is 81.3 Å². The van der Waals surface area contributed by atoms with E-state index in [9.17, 15) is 4.79 Å². The smallest absolute Gasteiger partial charge is 0.256 e. The summed E-state index contributed by atoms with van der Waals surface area (Å²) in [5.41, 5.74) is 5.14. The number of piperazine rings is 1. The number of benzene rings is 2. The molecule has 1 amide bonds. The fourth-order valence-electron chi connectivity index (χ4n) is 4.21. The molecular formula is C26H33N5O2. The van der Waals surface area contributed by atoms with E-state index in [4.69, 9.17) is 4.74 Å². The number of amides is 1. The van der Waals surface area contributed by atoms with Gasteiger partial charge in [-0.3, -0.25) is 9.89 Å². The number of methoxy groups -OCH3 is 1. The zero-order valence-electron chi connectivity index (χ0n) is 19.9. The van der Waals surface area contributed by atoms with E-state index in [0.29, 0.717) is 17.4 Å². The Labute approximate surface area is 195 Å². The molecule has 1 aliphatic rings. The summed E-state index contributed by atoms with van der Waals surface area (Å²) < 4.78 is 5.36. The summed E-state index contributed by atoms with van der Waals surface area (Å²) in [6, 6.07) is 16.5. The number of nitrogens with zero attached hydrogens (tertiary/aromatic N) is 3. The first-order valence-electron chi connectivity index (χ1n) is 11.5. The summed E-state index contributed by atoms with van der Waals surface area (Å²) in [4.78, 5) is 17.4. The molecular weight excluding hydrogens is 414 g/mol. The van der Waals surface area contributed by atoms with E-state index in [1.54, 1.807) is 7.11 Å². The summed E-state index contributed by atoms with van der Waals surface area (Å²) in [5, 5.41) is 10.2. The molecule has 1 saturated heterocycles. The number of H-pyrrole nitrogens is 1. The van der Waals surface area contributed by atoms with Gasteiger partial charge >= 0.3 is 0 Å². The van der Waals surface area contributed by atoms with Gasteiger partial charge in [0.15, 0.2) is 5.82 Å². The van der Waals surface area contributed by atoms with Crippen molar-refractivity contribution in [2.24, 2.45) is 0 Å². The third-order valence-electron chi connectivity index (χ3n) is 6.36. The van der Waals surface area contributed by atoms with Crippen LogP contribution in [0.25, 0.3) is 0 Å². The van der Waals surface area contributed by atoms with Crippen molar-refractivity contribution in [1.29, 1.82) is 0 Å². The number of carbonyl (C=O) groups excluding carboxylic acids is 1. The Morgan fingerprint density at radius 2 is 1.94 bits per heavy atom. The highest BCUT2D eigenvalue weighted by atomic mass is 16.5. The van der Waals surface area contributed by atoms with Gasteiger partial charge in [-0.2, -0.15) is 5.10 Å². The normalized spacial score (nSPS) is 16.6. The second-order valence-corrected chi connectivity index (χ2v) is 8.91. The van der Waals surface area contributed by atoms with Gasteiger partial charge in [-0.25, -0.2) is 0 Å². The Hall–Kier alpha value is -3.32. The predicted octanol–water partition coefficient (Wildman–Crippen LogP) is 3.90. The van der Waals surface area contributed by atoms with E-state index in [0.717, 1.165) is 49.6 Å². The van der Waals surface area contributed by atoms with Crippen LogP contribution >= 0.6 is 0 Å². The van der Waals surface area contributed by atoms with Crippen molar-refractivity contribution in [2.75, 3.05) is 44.0 Å². The molecule has 0 spiro atoms. The number of aromatic nitrogens is 2. The molecule has 4 rings (SSSR count). The lowest BCUT2D eigenvalue weighted by Crippen LogP contribution is -2.50. The van der Waals surface area contributed by atoms with Gasteiger partial charge in [0.2, 0.25) is 0 Å². The molecule has 2 heterocycles. The third-order valence-corrected chi connectivity index (χ3v) is 6.36. The SMILES string of the molecule is COc1cc(C)cc(CCc2cc(NC(=O)c3ccc(N4CCN(C)[C@@H](C)C4)cc3)n[nH]2)c1. The minimum atomic E-state index is -0.158. The molecule has 0 radical (unpaired) electrons. The van der Waals surface area contributed by atoms with E-state index in [2.05, 4.69) is 58.3 Å². The van der Waals surface area contributed by atoms with E-state index in [-0.39, 0.29) is 5.91 Å². The Bertz CT molecular complexity index is 1090. The molecule has 33 heavy (non-hydrogen) atoms. The highest BCUT2D eigenvalue weighted by Crippen LogP contribution is 2.21. The summed E-state index contributed by atoms with van der Waals surface area (Å²) in [6.45, 7) is 7.34. The van der Waals surface area contributed by atoms with Crippen molar-refractivity contribution >= 4 is 17.4 Å². The van der Waals surface area contributed by atoms with Crippen LogP contribution in [0.3, 0.4) is 0 Å². The Morgan fingerprint density at radius 3 is 2.67 bits per heavy atom. The first kappa shape index (κ1) is 22.9. The fraction of sp³-hybridized carbons (Fsp3) is 0.385. The monoisotopic (exact) mass is 447 g/mol. The van der Waals surface area contributed by atoms with E-state index >= 15 is 0 Å². The molecule has 0 bridgehead atoms. The van der Waals surface area contributed by atoms with E-state index in [1.807, 2.05) is 36.4 Å². The van der Waals surface area contributed by atoms with E-state index in [1.165, 1.54) is 11.1 Å². The average molecular weight is 448 g/mol. The molecule has 7 nitrogen and oxygen atoms in total. The zero-order valence-corrected chi connectivity index (χ0v) is 19.9. The molecule has 2 N–H and O–H groups in total. The van der Waals surface area contributed by atoms with Gasteiger partial charge < -0.3 is 19.9 Å². The Morgan fingerprint density at radius 1 is 1.15 bits per heavy atom. The van der Waals surface area contributed by atoms with Gasteiger partial charge in [0.05, 0.1) is 7.11 Å². The zero-order chi connectivity index (χ0) is 23.4. The number of hydrogen-bond acceptors (Lipinski definition) is 5. The standard InChI is InChI=1S/C26H33N5O2/c1-18-13-20(15-24(14-18)33-4)5-8-22-16-25(29-28-22)27-26(32)21-6-9-23(10-7-21)31-12-11-30(3)19(2)17-31/h6-7,9-10,13-16,19H,5,8,11-12,17H2,1-4H3,(H2,27,28,29,32)/t19-/m0/s1. The van der Waals surface area contributed by atoms with Crippen molar-refractivity contribution in [3.63, 3.8) is 0 Å². The molecule has 0 saturated carbocycles. The lowest BCUT2D eigenvalue weighted by Gasteiger charge is -2.39. The van der Waals surface area contributed by atoms with Crippen LogP contribution in [-0.4, -0.2) is 60.8 Å². The van der Waals surface area contributed by atoms with Crippen LogP contribution in [0, 0.1) is 6.92 Å². The number of rotatable bonds is 7. The highest BCUT2D eigenvalue weighted by Gasteiger charge is 2.21. The number of hydrogen-bond donors (Lipinski definition) is 2. The van der Waals surface area contributed by atoms with Crippen LogP contribution < -0.4 is 15.0 Å². The number of aromatic amines is 1. The maximum Gasteiger partial charge on any atom is 0.256 e. The number of anilines is 2. The molecule has 1 aromatic heterocycles. The first-order valence-corrected chi connectivity index (χ1v) is 11.5. The molecule has 0 unspecified atom stereocenters. The lowest BCUT2D eigenvalue weighted by atomic mass is 10.1. The van der Waals surface area contributed by atoms with Crippen molar-refractivity contribution in [1.82, 2.24) is 15.1 Å². The topological polar surface area (TPSA) is 73.5 Å². The molecule has 0 aliphatic carbocycles. The maximum atomic E-state index is 12.7. The number of aryl methyl sites for hydroxylation is 3.